The topological polar surface area (TPSA) is 46.2 Å². The molecule has 0 spiro atoms. The third kappa shape index (κ3) is 4.26. The van der Waals surface area contributed by atoms with Gasteiger partial charge in [0.15, 0.2) is 9.84 Å². The van der Waals surface area contributed by atoms with Crippen LogP contribution in [0.15, 0.2) is 29.2 Å². The molecule has 1 aromatic rings. The van der Waals surface area contributed by atoms with Crippen molar-refractivity contribution in [2.24, 2.45) is 0 Å². The van der Waals surface area contributed by atoms with Crippen LogP contribution in [0.3, 0.4) is 0 Å². The van der Waals surface area contributed by atoms with Crippen molar-refractivity contribution >= 4 is 21.4 Å². The standard InChI is InChI=1S/C13H20ClNO2S/c1-4-13(2,3)15-9-10-18(16,17)12-8-6-5-7-11(12)14/h5-8,15H,4,9-10H2,1-3H3. The average molecular weight is 290 g/mol. The van der Waals surface area contributed by atoms with Crippen LogP contribution in [0.25, 0.3) is 0 Å². The zero-order chi connectivity index (χ0) is 13.8. The van der Waals surface area contributed by atoms with Gasteiger partial charge in [-0.1, -0.05) is 30.7 Å². The summed E-state index contributed by atoms with van der Waals surface area (Å²) in [6, 6.07) is 6.54. The maximum Gasteiger partial charge on any atom is 0.181 e. The molecule has 5 heteroatoms. The molecule has 102 valence electrons. The number of sulfone groups is 1. The van der Waals surface area contributed by atoms with Gasteiger partial charge < -0.3 is 5.32 Å². The van der Waals surface area contributed by atoms with E-state index in [9.17, 15) is 8.42 Å². The molecule has 0 unspecified atom stereocenters. The van der Waals surface area contributed by atoms with Crippen molar-refractivity contribution in [2.75, 3.05) is 12.3 Å². The van der Waals surface area contributed by atoms with E-state index in [0.29, 0.717) is 6.54 Å². The van der Waals surface area contributed by atoms with Crippen molar-refractivity contribution in [3.8, 4) is 0 Å². The zero-order valence-corrected chi connectivity index (χ0v) is 12.6. The lowest BCUT2D eigenvalue weighted by molar-refractivity contribution is 0.387. The van der Waals surface area contributed by atoms with E-state index in [-0.39, 0.29) is 21.2 Å². The fourth-order valence-electron chi connectivity index (χ4n) is 1.46. The van der Waals surface area contributed by atoms with Gasteiger partial charge >= 0.3 is 0 Å². The van der Waals surface area contributed by atoms with Crippen molar-refractivity contribution in [3.63, 3.8) is 0 Å². The number of benzene rings is 1. The summed E-state index contributed by atoms with van der Waals surface area (Å²) in [5.41, 5.74) is -0.0456. The summed E-state index contributed by atoms with van der Waals surface area (Å²) in [5.74, 6) is 0.0557. The quantitative estimate of drug-likeness (QED) is 0.876. The molecule has 0 aliphatic rings. The molecule has 0 saturated heterocycles. The lowest BCUT2D eigenvalue weighted by atomic mass is 10.0. The number of halogens is 1. The molecule has 1 rings (SSSR count). The van der Waals surface area contributed by atoms with Gasteiger partial charge in [0.1, 0.15) is 0 Å². The Morgan fingerprint density at radius 2 is 1.89 bits per heavy atom. The maximum absolute atomic E-state index is 12.1. The summed E-state index contributed by atoms with van der Waals surface area (Å²) >= 11 is 5.91. The van der Waals surface area contributed by atoms with Crippen LogP contribution in [-0.4, -0.2) is 26.3 Å². The molecule has 3 nitrogen and oxygen atoms in total. The highest BCUT2D eigenvalue weighted by atomic mass is 35.5. The lowest BCUT2D eigenvalue weighted by Gasteiger charge is -2.24. The minimum Gasteiger partial charge on any atom is -0.311 e. The molecule has 0 saturated carbocycles. The molecular weight excluding hydrogens is 270 g/mol. The number of rotatable bonds is 6. The summed E-state index contributed by atoms with van der Waals surface area (Å²) < 4.78 is 24.2. The molecule has 1 N–H and O–H groups in total. The molecule has 0 heterocycles. The number of nitrogens with one attached hydrogen (secondary N) is 1. The Morgan fingerprint density at radius 1 is 1.28 bits per heavy atom. The Balaban J connectivity index is 2.70. The molecule has 0 amide bonds. The first-order valence-electron chi connectivity index (χ1n) is 6.01. The first-order chi connectivity index (χ1) is 8.28. The minimum absolute atomic E-state index is 0.0456. The van der Waals surface area contributed by atoms with Crippen molar-refractivity contribution in [2.45, 2.75) is 37.6 Å². The van der Waals surface area contributed by atoms with Gasteiger partial charge in [-0.2, -0.15) is 0 Å². The average Bonchev–Trinajstić information content (AvgIpc) is 2.29. The molecule has 0 aliphatic carbocycles. The van der Waals surface area contributed by atoms with Crippen LogP contribution in [0.2, 0.25) is 5.02 Å². The SMILES string of the molecule is CCC(C)(C)NCCS(=O)(=O)c1ccccc1Cl. The van der Waals surface area contributed by atoms with Crippen molar-refractivity contribution in [1.29, 1.82) is 0 Å². The van der Waals surface area contributed by atoms with Crippen LogP contribution < -0.4 is 5.32 Å². The van der Waals surface area contributed by atoms with Crippen molar-refractivity contribution < 1.29 is 8.42 Å². The third-order valence-electron chi connectivity index (χ3n) is 3.03. The highest BCUT2D eigenvalue weighted by Crippen LogP contribution is 2.21. The van der Waals surface area contributed by atoms with Crippen LogP contribution in [0, 0.1) is 0 Å². The highest BCUT2D eigenvalue weighted by Gasteiger charge is 2.19. The van der Waals surface area contributed by atoms with E-state index in [1.807, 2.05) is 0 Å². The number of hydrogen-bond acceptors (Lipinski definition) is 3. The van der Waals surface area contributed by atoms with E-state index in [1.165, 1.54) is 0 Å². The van der Waals surface area contributed by atoms with Gasteiger partial charge in [0.05, 0.1) is 15.7 Å². The van der Waals surface area contributed by atoms with E-state index in [0.717, 1.165) is 6.42 Å². The van der Waals surface area contributed by atoms with Gasteiger partial charge in [-0.3, -0.25) is 0 Å². The van der Waals surface area contributed by atoms with E-state index in [1.54, 1.807) is 24.3 Å². The fourth-order valence-corrected chi connectivity index (χ4v) is 3.19. The van der Waals surface area contributed by atoms with Crippen LogP contribution in [0.4, 0.5) is 0 Å². The molecule has 1 aromatic carbocycles. The highest BCUT2D eigenvalue weighted by molar-refractivity contribution is 7.91. The van der Waals surface area contributed by atoms with Crippen LogP contribution >= 0.6 is 11.6 Å². The zero-order valence-electron chi connectivity index (χ0n) is 11.0. The lowest BCUT2D eigenvalue weighted by Crippen LogP contribution is -2.41. The molecule has 0 aliphatic heterocycles. The fraction of sp³-hybridized carbons (Fsp3) is 0.538. The minimum atomic E-state index is -3.32. The molecule has 0 fully saturated rings. The second-order valence-corrected chi connectivity index (χ2v) is 7.40. The molecule has 0 atom stereocenters. The summed E-state index contributed by atoms with van der Waals surface area (Å²) in [6.45, 7) is 6.59. The second kappa shape index (κ2) is 6.04. The largest absolute Gasteiger partial charge is 0.311 e. The van der Waals surface area contributed by atoms with Gasteiger partial charge in [0, 0.05) is 12.1 Å². The Bertz CT molecular complexity index is 497. The predicted octanol–water partition coefficient (Wildman–Crippen LogP) is 2.89. The van der Waals surface area contributed by atoms with Crippen LogP contribution in [0.1, 0.15) is 27.2 Å². The van der Waals surface area contributed by atoms with Gasteiger partial charge in [-0.15, -0.1) is 0 Å². The van der Waals surface area contributed by atoms with E-state index >= 15 is 0 Å². The summed E-state index contributed by atoms with van der Waals surface area (Å²) in [7, 11) is -3.32. The maximum atomic E-state index is 12.1. The Kier molecular flexibility index (Phi) is 5.20. The van der Waals surface area contributed by atoms with Crippen molar-refractivity contribution in [3.05, 3.63) is 29.3 Å². The summed E-state index contributed by atoms with van der Waals surface area (Å²) in [5, 5.41) is 3.52. The Labute approximate surface area is 114 Å². The first-order valence-corrected chi connectivity index (χ1v) is 8.04. The van der Waals surface area contributed by atoms with Gasteiger partial charge in [0.2, 0.25) is 0 Å². The third-order valence-corrected chi connectivity index (χ3v) is 5.24. The molecular formula is C13H20ClNO2S. The van der Waals surface area contributed by atoms with Crippen LogP contribution in [-0.2, 0) is 9.84 Å². The summed E-state index contributed by atoms with van der Waals surface area (Å²) in [6.07, 6.45) is 0.944. The molecule has 0 radical (unpaired) electrons. The normalized spacial score (nSPS) is 12.7. The summed E-state index contributed by atoms with van der Waals surface area (Å²) in [4.78, 5) is 0.211. The Morgan fingerprint density at radius 3 is 2.44 bits per heavy atom. The number of hydrogen-bond donors (Lipinski definition) is 1. The second-order valence-electron chi connectivity index (χ2n) is 4.91. The van der Waals surface area contributed by atoms with E-state index < -0.39 is 9.84 Å². The monoisotopic (exact) mass is 289 g/mol. The molecule has 0 aromatic heterocycles. The first kappa shape index (κ1) is 15.5. The molecule has 18 heavy (non-hydrogen) atoms. The van der Waals surface area contributed by atoms with Crippen molar-refractivity contribution in [1.82, 2.24) is 5.32 Å². The van der Waals surface area contributed by atoms with E-state index in [4.69, 9.17) is 11.6 Å². The Hall–Kier alpha value is -0.580. The molecule has 0 bridgehead atoms. The van der Waals surface area contributed by atoms with E-state index in [2.05, 4.69) is 26.1 Å². The van der Waals surface area contributed by atoms with Crippen LogP contribution in [0.5, 0.6) is 0 Å². The predicted molar refractivity (Wildman–Crippen MR) is 75.9 cm³/mol. The smallest absolute Gasteiger partial charge is 0.181 e. The van der Waals surface area contributed by atoms with Gasteiger partial charge in [-0.05, 0) is 32.4 Å². The van der Waals surface area contributed by atoms with Gasteiger partial charge in [-0.25, -0.2) is 8.42 Å². The van der Waals surface area contributed by atoms with Gasteiger partial charge in [0.25, 0.3) is 0 Å².